The summed E-state index contributed by atoms with van der Waals surface area (Å²) in [6.07, 6.45) is 1.59. The minimum absolute atomic E-state index is 0.0109. The van der Waals surface area contributed by atoms with Crippen LogP contribution >= 0.6 is 23.1 Å². The Labute approximate surface area is 173 Å². The van der Waals surface area contributed by atoms with E-state index in [2.05, 4.69) is 22.2 Å². The Hall–Kier alpha value is -2.98. The molecule has 10 heteroatoms. The Kier molecular flexibility index (Phi) is 6.78. The summed E-state index contributed by atoms with van der Waals surface area (Å²) in [5.74, 6) is -1.23. The van der Waals surface area contributed by atoms with Gasteiger partial charge in [-0.1, -0.05) is 17.8 Å². The van der Waals surface area contributed by atoms with Gasteiger partial charge in [0.05, 0.1) is 17.8 Å². The van der Waals surface area contributed by atoms with Crippen LogP contribution in [0.4, 0.5) is 10.1 Å². The van der Waals surface area contributed by atoms with Crippen LogP contribution in [0.1, 0.15) is 0 Å². The van der Waals surface area contributed by atoms with Crippen LogP contribution < -0.4 is 16.2 Å². The van der Waals surface area contributed by atoms with Crippen LogP contribution in [0.15, 0.2) is 58.3 Å². The van der Waals surface area contributed by atoms with Crippen molar-refractivity contribution >= 4 is 50.8 Å². The van der Waals surface area contributed by atoms with Crippen molar-refractivity contribution in [1.82, 2.24) is 14.9 Å². The van der Waals surface area contributed by atoms with E-state index in [0.717, 1.165) is 11.8 Å². The molecule has 0 aliphatic rings. The molecule has 0 radical (unpaired) electrons. The molecule has 150 valence electrons. The van der Waals surface area contributed by atoms with Crippen molar-refractivity contribution in [3.63, 3.8) is 0 Å². The number of thiophene rings is 1. The van der Waals surface area contributed by atoms with E-state index in [1.807, 2.05) is 0 Å². The van der Waals surface area contributed by atoms with Crippen molar-refractivity contribution in [3.05, 3.63) is 64.5 Å². The lowest BCUT2D eigenvalue weighted by atomic mass is 10.3. The third kappa shape index (κ3) is 5.30. The lowest BCUT2D eigenvalue weighted by Crippen LogP contribution is -2.34. The fourth-order valence-electron chi connectivity index (χ4n) is 2.42. The summed E-state index contributed by atoms with van der Waals surface area (Å²) in [5.41, 5.74) is 0.843. The van der Waals surface area contributed by atoms with Crippen LogP contribution in [-0.4, -0.2) is 33.7 Å². The molecule has 3 aromatic rings. The predicted molar refractivity (Wildman–Crippen MR) is 113 cm³/mol. The van der Waals surface area contributed by atoms with E-state index in [9.17, 15) is 18.8 Å². The van der Waals surface area contributed by atoms with Gasteiger partial charge in [0.1, 0.15) is 10.5 Å². The highest BCUT2D eigenvalue weighted by atomic mass is 32.2. The Bertz CT molecular complexity index is 1110. The monoisotopic (exact) mass is 432 g/mol. The molecule has 0 aliphatic carbocycles. The molecule has 0 aliphatic heterocycles. The molecule has 2 heterocycles. The van der Waals surface area contributed by atoms with Crippen LogP contribution in [0.25, 0.3) is 10.2 Å². The lowest BCUT2D eigenvalue weighted by molar-refractivity contribution is -0.122. The molecule has 29 heavy (non-hydrogen) atoms. The van der Waals surface area contributed by atoms with E-state index in [1.54, 1.807) is 17.5 Å². The summed E-state index contributed by atoms with van der Waals surface area (Å²) in [4.78, 5) is 41.0. The SMILES string of the molecule is C=CCn1c(SCC(=O)NCC(=O)Nc2ccc(F)cc2)nc2ccsc2c1=O. The molecule has 0 saturated carbocycles. The maximum absolute atomic E-state index is 12.9. The minimum Gasteiger partial charge on any atom is -0.346 e. The van der Waals surface area contributed by atoms with E-state index in [-0.39, 0.29) is 30.3 Å². The van der Waals surface area contributed by atoms with Gasteiger partial charge >= 0.3 is 0 Å². The van der Waals surface area contributed by atoms with E-state index in [1.165, 1.54) is 40.2 Å². The molecule has 0 atom stereocenters. The Balaban J connectivity index is 1.57. The maximum Gasteiger partial charge on any atom is 0.272 e. The second-order valence-corrected chi connectivity index (χ2v) is 7.71. The van der Waals surface area contributed by atoms with E-state index in [4.69, 9.17) is 0 Å². The summed E-state index contributed by atoms with van der Waals surface area (Å²) >= 11 is 2.42. The average Bonchev–Trinajstić information content (AvgIpc) is 3.18. The van der Waals surface area contributed by atoms with Gasteiger partial charge in [-0.05, 0) is 35.7 Å². The molecule has 1 aromatic carbocycles. The Morgan fingerprint density at radius 1 is 1.24 bits per heavy atom. The predicted octanol–water partition coefficient (Wildman–Crippen LogP) is 2.63. The summed E-state index contributed by atoms with van der Waals surface area (Å²) in [6.45, 7) is 3.70. The van der Waals surface area contributed by atoms with Crippen LogP contribution in [0.5, 0.6) is 0 Å². The third-order valence-electron chi connectivity index (χ3n) is 3.75. The van der Waals surface area contributed by atoms with Gasteiger partial charge < -0.3 is 10.6 Å². The van der Waals surface area contributed by atoms with Crippen molar-refractivity contribution in [3.8, 4) is 0 Å². The summed E-state index contributed by atoms with van der Waals surface area (Å²) in [6, 6.07) is 7.06. The largest absolute Gasteiger partial charge is 0.346 e. The van der Waals surface area contributed by atoms with Gasteiger partial charge in [-0.15, -0.1) is 17.9 Å². The molecule has 0 bridgehead atoms. The lowest BCUT2D eigenvalue weighted by Gasteiger charge is -2.10. The van der Waals surface area contributed by atoms with E-state index >= 15 is 0 Å². The first-order valence-corrected chi connectivity index (χ1v) is 10.4. The van der Waals surface area contributed by atoms with Crippen molar-refractivity contribution in [2.45, 2.75) is 11.7 Å². The van der Waals surface area contributed by atoms with Crippen molar-refractivity contribution in [2.24, 2.45) is 0 Å². The molecule has 2 N–H and O–H groups in total. The molecule has 0 fully saturated rings. The zero-order valence-electron chi connectivity index (χ0n) is 15.2. The number of hydrogen-bond donors (Lipinski definition) is 2. The number of anilines is 1. The minimum atomic E-state index is -0.434. The number of amides is 2. The average molecular weight is 433 g/mol. The zero-order chi connectivity index (χ0) is 20.8. The molecule has 2 aromatic heterocycles. The Morgan fingerprint density at radius 3 is 2.72 bits per heavy atom. The first-order chi connectivity index (χ1) is 14.0. The molecular formula is C19H17FN4O3S2. The number of nitrogens with one attached hydrogen (secondary N) is 2. The van der Waals surface area contributed by atoms with Gasteiger partial charge in [-0.3, -0.25) is 19.0 Å². The number of nitrogens with zero attached hydrogens (tertiary/aromatic N) is 2. The normalized spacial score (nSPS) is 10.7. The number of rotatable bonds is 8. The highest BCUT2D eigenvalue weighted by Gasteiger charge is 2.14. The van der Waals surface area contributed by atoms with Crippen LogP contribution in [0.2, 0.25) is 0 Å². The molecule has 0 saturated heterocycles. The number of carbonyl (C=O) groups excluding carboxylic acids is 2. The van der Waals surface area contributed by atoms with Gasteiger partial charge in [0.25, 0.3) is 5.56 Å². The molecule has 0 unspecified atom stereocenters. The van der Waals surface area contributed by atoms with Crippen LogP contribution in [0.3, 0.4) is 0 Å². The van der Waals surface area contributed by atoms with Gasteiger partial charge in [0.2, 0.25) is 11.8 Å². The summed E-state index contributed by atoms with van der Waals surface area (Å²) in [5, 5.41) is 7.26. The van der Waals surface area contributed by atoms with Crippen LogP contribution in [-0.2, 0) is 16.1 Å². The van der Waals surface area contributed by atoms with Gasteiger partial charge in [-0.25, -0.2) is 9.37 Å². The standard InChI is InChI=1S/C19H17FN4O3S2/c1-2-8-24-18(27)17-14(7-9-28-17)23-19(24)29-11-16(26)21-10-15(25)22-13-5-3-12(20)4-6-13/h2-7,9H,1,8,10-11H2,(H,21,26)(H,22,25). The highest BCUT2D eigenvalue weighted by molar-refractivity contribution is 7.99. The van der Waals surface area contributed by atoms with Crippen molar-refractivity contribution < 1.29 is 14.0 Å². The van der Waals surface area contributed by atoms with Crippen molar-refractivity contribution in [1.29, 1.82) is 0 Å². The second kappa shape index (κ2) is 9.48. The fraction of sp³-hybridized carbons (Fsp3) is 0.158. The molecule has 3 rings (SSSR count). The molecule has 0 spiro atoms. The Morgan fingerprint density at radius 2 is 2.00 bits per heavy atom. The number of fused-ring (bicyclic) bond motifs is 1. The van der Waals surface area contributed by atoms with Gasteiger partial charge in [0.15, 0.2) is 5.16 Å². The van der Waals surface area contributed by atoms with Crippen molar-refractivity contribution in [2.75, 3.05) is 17.6 Å². The first kappa shape index (κ1) is 20.7. The quantitative estimate of drug-likeness (QED) is 0.324. The number of carbonyl (C=O) groups is 2. The summed E-state index contributed by atoms with van der Waals surface area (Å²) < 4.78 is 14.9. The number of benzene rings is 1. The van der Waals surface area contributed by atoms with E-state index in [0.29, 0.717) is 21.1 Å². The number of halogens is 1. The number of allylic oxidation sites excluding steroid dienone is 1. The topological polar surface area (TPSA) is 93.1 Å². The second-order valence-electron chi connectivity index (χ2n) is 5.85. The summed E-state index contributed by atoms with van der Waals surface area (Å²) in [7, 11) is 0. The highest BCUT2D eigenvalue weighted by Crippen LogP contribution is 2.20. The van der Waals surface area contributed by atoms with Gasteiger partial charge in [0, 0.05) is 12.2 Å². The fourth-order valence-corrected chi connectivity index (χ4v) is 4.04. The number of hydrogen-bond acceptors (Lipinski definition) is 6. The smallest absolute Gasteiger partial charge is 0.272 e. The van der Waals surface area contributed by atoms with E-state index < -0.39 is 11.7 Å². The zero-order valence-corrected chi connectivity index (χ0v) is 16.8. The maximum atomic E-state index is 12.9. The molecule has 7 nitrogen and oxygen atoms in total. The first-order valence-electron chi connectivity index (χ1n) is 8.52. The van der Waals surface area contributed by atoms with Gasteiger partial charge in [-0.2, -0.15) is 0 Å². The third-order valence-corrected chi connectivity index (χ3v) is 5.62. The molecule has 2 amide bonds. The van der Waals surface area contributed by atoms with Crippen LogP contribution in [0, 0.1) is 5.82 Å². The number of aromatic nitrogens is 2. The number of thioether (sulfide) groups is 1. The molecular weight excluding hydrogens is 415 g/mol.